The first kappa shape index (κ1) is 31.1. The van der Waals surface area contributed by atoms with Crippen LogP contribution < -0.4 is 0 Å². The molecule has 2 aliphatic heterocycles. The molecule has 2 aliphatic rings. The van der Waals surface area contributed by atoms with Crippen molar-refractivity contribution < 1.29 is 24.0 Å². The van der Waals surface area contributed by atoms with Crippen LogP contribution >= 0.6 is 0 Å². The molecule has 0 amide bonds. The van der Waals surface area contributed by atoms with Crippen LogP contribution in [0.4, 0.5) is 5.69 Å². The van der Waals surface area contributed by atoms with E-state index in [9.17, 15) is 19.7 Å². The summed E-state index contributed by atoms with van der Waals surface area (Å²) in [5.41, 5.74) is 4.34. The normalized spacial score (nSPS) is 19.1. The number of ether oxygens (including phenoxy) is 2. The lowest BCUT2D eigenvalue weighted by Crippen LogP contribution is -2.41. The van der Waals surface area contributed by atoms with Crippen molar-refractivity contribution in [2.24, 2.45) is 22.7 Å². The van der Waals surface area contributed by atoms with E-state index in [-0.39, 0.29) is 29.7 Å². The summed E-state index contributed by atoms with van der Waals surface area (Å²) < 4.78 is 11.6. The molecule has 2 aromatic rings. The first-order chi connectivity index (χ1) is 20.0. The highest BCUT2D eigenvalue weighted by Crippen LogP contribution is 2.44. The molecule has 0 N–H and O–H groups in total. The number of nitro benzene ring substituents is 1. The summed E-state index contributed by atoms with van der Waals surface area (Å²) >= 11 is 0. The Labute approximate surface area is 247 Å². The smallest absolute Gasteiger partial charge is 0.336 e. The molecule has 4 rings (SSSR count). The molecule has 42 heavy (non-hydrogen) atoms. The first-order valence-electron chi connectivity index (χ1n) is 14.7. The predicted octanol–water partition coefficient (Wildman–Crippen LogP) is 5.87. The van der Waals surface area contributed by atoms with Crippen LogP contribution in [0.15, 0.2) is 64.8 Å². The van der Waals surface area contributed by atoms with Gasteiger partial charge in [-0.1, -0.05) is 64.1 Å². The van der Waals surface area contributed by atoms with Crippen molar-refractivity contribution >= 4 is 23.3 Å². The minimum atomic E-state index is -0.932. The average Bonchev–Trinajstić information content (AvgIpc) is 2.95. The fourth-order valence-corrected chi connectivity index (χ4v) is 5.77. The van der Waals surface area contributed by atoms with Crippen molar-refractivity contribution in [1.29, 1.82) is 0 Å². The Hall–Kier alpha value is -3.85. The lowest BCUT2D eigenvalue weighted by molar-refractivity contribution is -0.384. The molecule has 0 spiro atoms. The maximum absolute atomic E-state index is 14.0. The highest BCUT2D eigenvalue weighted by atomic mass is 16.6. The molecule has 9 nitrogen and oxygen atoms in total. The minimum Gasteiger partial charge on any atom is -0.462 e. The number of aliphatic imine (C=N–C) groups is 1. The number of carbonyl (C=O) groups is 2. The zero-order valence-corrected chi connectivity index (χ0v) is 25.3. The fourth-order valence-electron chi connectivity index (χ4n) is 5.77. The summed E-state index contributed by atoms with van der Waals surface area (Å²) in [5.74, 6) is -3.17. The largest absolute Gasteiger partial charge is 0.462 e. The molecule has 0 bridgehead atoms. The van der Waals surface area contributed by atoms with E-state index < -0.39 is 34.8 Å². The fraction of sp³-hybridized carbons (Fsp3) is 0.485. The number of carbonyl (C=O) groups excluding carboxylic acids is 2. The van der Waals surface area contributed by atoms with Gasteiger partial charge in [0.25, 0.3) is 5.69 Å². The van der Waals surface area contributed by atoms with Gasteiger partial charge in [0.05, 0.1) is 22.3 Å². The summed E-state index contributed by atoms with van der Waals surface area (Å²) in [7, 11) is 0. The van der Waals surface area contributed by atoms with Gasteiger partial charge in [0.2, 0.25) is 0 Å². The third kappa shape index (κ3) is 6.95. The molecule has 0 fully saturated rings. The molecule has 2 unspecified atom stereocenters. The second-order valence-electron chi connectivity index (χ2n) is 11.9. The van der Waals surface area contributed by atoms with Crippen molar-refractivity contribution in [1.82, 2.24) is 4.90 Å². The summed E-state index contributed by atoms with van der Waals surface area (Å²) in [6, 6.07) is 14.5. The van der Waals surface area contributed by atoms with E-state index >= 15 is 0 Å². The Morgan fingerprint density at radius 3 is 2.38 bits per heavy atom. The predicted molar refractivity (Wildman–Crippen MR) is 161 cm³/mol. The van der Waals surface area contributed by atoms with E-state index in [0.717, 1.165) is 19.5 Å². The van der Waals surface area contributed by atoms with Crippen LogP contribution in [-0.2, 0) is 32.0 Å². The van der Waals surface area contributed by atoms with Gasteiger partial charge in [0.1, 0.15) is 12.5 Å². The summed E-state index contributed by atoms with van der Waals surface area (Å²) in [4.78, 5) is 46.0. The van der Waals surface area contributed by atoms with Crippen molar-refractivity contribution in [2.75, 3.05) is 19.7 Å². The Balaban J connectivity index is 1.71. The number of nitrogens with zero attached hydrogens (tertiary/aromatic N) is 3. The van der Waals surface area contributed by atoms with Gasteiger partial charge in [-0.05, 0) is 48.8 Å². The van der Waals surface area contributed by atoms with Gasteiger partial charge in [-0.15, -0.1) is 0 Å². The number of fused-ring (bicyclic) bond motifs is 1. The summed E-state index contributed by atoms with van der Waals surface area (Å²) in [5, 5.41) is 11.7. The van der Waals surface area contributed by atoms with Crippen molar-refractivity contribution in [3.05, 3.63) is 86.6 Å². The lowest BCUT2D eigenvalue weighted by atomic mass is 9.72. The maximum atomic E-state index is 14.0. The average molecular weight is 576 g/mol. The molecule has 224 valence electrons. The van der Waals surface area contributed by atoms with E-state index in [1.54, 1.807) is 26.0 Å². The second kappa shape index (κ2) is 13.4. The van der Waals surface area contributed by atoms with Crippen molar-refractivity contribution in [3.63, 3.8) is 0 Å². The number of hydrogen-bond donors (Lipinski definition) is 0. The standard InChI is InChI=1S/C33H41N3O6/c1-20(2)30-28(32(37)41-17-16-35-15-14-23-10-7-8-11-25(23)19-35)27(24-12-9-13-26(18-24)36(39)40)29(31(34-30)21(3)4)33(38)42-22(5)6/h7-13,18,20-22,27,29H,14-17,19H2,1-6H3. The van der Waals surface area contributed by atoms with Gasteiger partial charge in [0.15, 0.2) is 0 Å². The number of benzene rings is 2. The molecule has 0 aliphatic carbocycles. The lowest BCUT2D eigenvalue weighted by Gasteiger charge is -2.36. The molecule has 2 aromatic carbocycles. The van der Waals surface area contributed by atoms with Crippen LogP contribution in [-0.4, -0.2) is 53.3 Å². The van der Waals surface area contributed by atoms with Crippen LogP contribution in [0.1, 0.15) is 64.2 Å². The van der Waals surface area contributed by atoms with Gasteiger partial charge in [-0.3, -0.25) is 24.8 Å². The number of allylic oxidation sites excluding steroid dienone is 1. The second-order valence-corrected chi connectivity index (χ2v) is 11.9. The molecule has 0 saturated heterocycles. The van der Waals surface area contributed by atoms with E-state index in [0.29, 0.717) is 23.5 Å². The molecule has 2 heterocycles. The first-order valence-corrected chi connectivity index (χ1v) is 14.7. The minimum absolute atomic E-state index is 0.124. The van der Waals surface area contributed by atoms with Gasteiger partial charge in [-0.25, -0.2) is 4.79 Å². The van der Waals surface area contributed by atoms with E-state index in [2.05, 4.69) is 23.1 Å². The number of hydrogen-bond acceptors (Lipinski definition) is 8. The van der Waals surface area contributed by atoms with E-state index in [1.165, 1.54) is 23.3 Å². The maximum Gasteiger partial charge on any atom is 0.336 e. The quantitative estimate of drug-likeness (QED) is 0.198. The molecule has 0 radical (unpaired) electrons. The van der Waals surface area contributed by atoms with Crippen LogP contribution in [0.3, 0.4) is 0 Å². The molecule has 9 heteroatoms. The third-order valence-corrected chi connectivity index (χ3v) is 7.74. The molecule has 0 aromatic heterocycles. The number of nitro groups is 1. The third-order valence-electron chi connectivity index (χ3n) is 7.74. The molecule has 2 atom stereocenters. The Kier molecular flexibility index (Phi) is 9.93. The van der Waals surface area contributed by atoms with Gasteiger partial charge < -0.3 is 9.47 Å². The van der Waals surface area contributed by atoms with Gasteiger partial charge in [0, 0.05) is 43.4 Å². The van der Waals surface area contributed by atoms with Crippen LogP contribution in [0.25, 0.3) is 0 Å². The van der Waals surface area contributed by atoms with Crippen LogP contribution in [0.2, 0.25) is 0 Å². The Morgan fingerprint density at radius 2 is 1.74 bits per heavy atom. The molecular formula is C33H41N3O6. The highest BCUT2D eigenvalue weighted by Gasteiger charge is 2.46. The number of esters is 2. The van der Waals surface area contributed by atoms with E-state index in [4.69, 9.17) is 14.5 Å². The van der Waals surface area contributed by atoms with Crippen molar-refractivity contribution in [3.8, 4) is 0 Å². The van der Waals surface area contributed by atoms with Gasteiger partial charge in [-0.2, -0.15) is 0 Å². The van der Waals surface area contributed by atoms with Crippen LogP contribution in [0, 0.1) is 27.9 Å². The summed E-state index contributed by atoms with van der Waals surface area (Å²) in [6.07, 6.45) is 0.547. The Morgan fingerprint density at radius 1 is 1.02 bits per heavy atom. The summed E-state index contributed by atoms with van der Waals surface area (Å²) in [6.45, 7) is 13.7. The monoisotopic (exact) mass is 575 g/mol. The van der Waals surface area contributed by atoms with E-state index in [1.807, 2.05) is 33.8 Å². The molecular weight excluding hydrogens is 534 g/mol. The zero-order valence-electron chi connectivity index (χ0n) is 25.3. The zero-order chi connectivity index (χ0) is 30.6. The molecule has 0 saturated carbocycles. The number of rotatable bonds is 10. The number of non-ortho nitro benzene ring substituents is 1. The van der Waals surface area contributed by atoms with Crippen LogP contribution in [0.5, 0.6) is 0 Å². The highest BCUT2D eigenvalue weighted by molar-refractivity contribution is 6.08. The topological polar surface area (TPSA) is 111 Å². The Bertz CT molecular complexity index is 1390. The van der Waals surface area contributed by atoms with Gasteiger partial charge >= 0.3 is 11.9 Å². The van der Waals surface area contributed by atoms with Crippen molar-refractivity contribution in [2.45, 2.75) is 66.5 Å². The SMILES string of the molecule is CC(C)OC(=O)C1C(C(C)C)=NC(C(C)C)=C(C(=O)OCCN2CCc3ccccc3C2)C1c1cccc([N+](=O)[O-])c1.